The zero-order valence-electron chi connectivity index (χ0n) is 29.5. The molecule has 6 rings (SSSR count). The smallest absolute Gasteiger partial charge is 0.250 e. The van der Waals surface area contributed by atoms with Gasteiger partial charge in [0, 0.05) is 97.0 Å². The molecular weight excluding hydrogens is 711 g/mol. The molecule has 2 aromatic carbocycles. The number of hydrogen-bond donors (Lipinski definition) is 2. The lowest BCUT2D eigenvalue weighted by Crippen LogP contribution is -2.31. The monoisotopic (exact) mass is 750 g/mol. The maximum atomic E-state index is 12.0. The predicted molar refractivity (Wildman–Crippen MR) is 210 cm³/mol. The topological polar surface area (TPSA) is 111 Å². The summed E-state index contributed by atoms with van der Waals surface area (Å²) in [6, 6.07) is 24.5. The van der Waals surface area contributed by atoms with E-state index in [0.29, 0.717) is 65.9 Å². The van der Waals surface area contributed by atoms with Gasteiger partial charge in [-0.2, -0.15) is 0 Å². The van der Waals surface area contributed by atoms with Crippen LogP contribution in [0.15, 0.2) is 114 Å². The third kappa shape index (κ3) is 9.04. The molecule has 2 N–H and O–H groups in total. The Morgan fingerprint density at radius 3 is 1.85 bits per heavy atom. The molecule has 0 saturated heterocycles. The molecular formula is C41H40Cl2N6O4. The largest absolute Gasteiger partial charge is 0.481 e. The number of nitrogens with zero attached hydrogens (tertiary/aromatic N) is 4. The minimum absolute atomic E-state index is 0.0343. The molecule has 12 heteroatoms. The average Bonchev–Trinajstić information content (AvgIpc) is 3.19. The summed E-state index contributed by atoms with van der Waals surface area (Å²) in [5, 5.41) is 7.82. The number of ether oxygens (including phenoxy) is 2. The van der Waals surface area contributed by atoms with E-state index in [1.807, 2.05) is 85.1 Å². The fraction of sp³-hybridized carbons (Fsp3) is 0.220. The lowest BCUT2D eigenvalue weighted by molar-refractivity contribution is -0.105. The molecule has 0 radical (unpaired) electrons. The van der Waals surface area contributed by atoms with Crippen LogP contribution in [-0.2, 0) is 24.4 Å². The summed E-state index contributed by atoms with van der Waals surface area (Å²) in [5.41, 5.74) is 6.84. The first-order valence-corrected chi connectivity index (χ1v) is 17.9. The van der Waals surface area contributed by atoms with Crippen molar-refractivity contribution in [3.8, 4) is 45.4 Å². The van der Waals surface area contributed by atoms with Gasteiger partial charge in [0.05, 0.1) is 35.7 Å². The Labute approximate surface area is 318 Å². The van der Waals surface area contributed by atoms with E-state index >= 15 is 0 Å². The summed E-state index contributed by atoms with van der Waals surface area (Å²) in [7, 11) is 3.19. The number of allylic oxidation sites excluding steroid dienone is 2. The molecule has 0 amide bonds. The van der Waals surface area contributed by atoms with Gasteiger partial charge in [-0.05, 0) is 30.5 Å². The first kappa shape index (κ1) is 37.5. The van der Waals surface area contributed by atoms with Crippen molar-refractivity contribution in [3.63, 3.8) is 0 Å². The van der Waals surface area contributed by atoms with Crippen LogP contribution in [0.25, 0.3) is 33.6 Å². The van der Waals surface area contributed by atoms with Gasteiger partial charge in [0.15, 0.2) is 0 Å². The molecule has 3 aromatic heterocycles. The fourth-order valence-corrected chi connectivity index (χ4v) is 6.76. The molecule has 0 saturated carbocycles. The van der Waals surface area contributed by atoms with Crippen LogP contribution in [-0.4, -0.2) is 66.1 Å². The first-order valence-electron chi connectivity index (χ1n) is 17.2. The van der Waals surface area contributed by atoms with E-state index < -0.39 is 0 Å². The Hall–Kier alpha value is -5.26. The molecule has 10 nitrogen and oxygen atoms in total. The maximum absolute atomic E-state index is 12.0. The second kappa shape index (κ2) is 18.0. The Bertz CT molecular complexity index is 2200. The number of aromatic nitrogens is 3. The zero-order valence-corrected chi connectivity index (χ0v) is 31.0. The summed E-state index contributed by atoms with van der Waals surface area (Å²) in [5.74, 6) is 0.989. The van der Waals surface area contributed by atoms with Gasteiger partial charge in [0.2, 0.25) is 11.8 Å². The Balaban J connectivity index is 1.15. The quantitative estimate of drug-likeness (QED) is 0.0832. The SMILES string of the molecule is COc1nc(-c2cccc(-c3cccc(-c4ccc(CNCCn5ccccc5=O)c(OC)n4)c3Cl)c2Cl)ccc1CNCCN1C=CC=C(C=O)C1. The third-order valence-electron chi connectivity index (χ3n) is 8.88. The molecule has 1 aliphatic rings. The molecule has 0 aliphatic carbocycles. The van der Waals surface area contributed by atoms with E-state index in [2.05, 4.69) is 15.5 Å². The molecule has 272 valence electrons. The van der Waals surface area contributed by atoms with Crippen LogP contribution in [0, 0.1) is 0 Å². The zero-order chi connectivity index (χ0) is 37.2. The van der Waals surface area contributed by atoms with Crippen LogP contribution < -0.4 is 25.7 Å². The first-order chi connectivity index (χ1) is 25.9. The molecule has 0 atom stereocenters. The normalized spacial score (nSPS) is 12.5. The van der Waals surface area contributed by atoms with Crippen LogP contribution >= 0.6 is 23.2 Å². The predicted octanol–water partition coefficient (Wildman–Crippen LogP) is 6.80. The number of halogens is 2. The fourth-order valence-electron chi connectivity index (χ4n) is 6.11. The van der Waals surface area contributed by atoms with Crippen molar-refractivity contribution in [2.45, 2.75) is 19.6 Å². The Morgan fingerprint density at radius 1 is 0.736 bits per heavy atom. The summed E-state index contributed by atoms with van der Waals surface area (Å²) in [4.78, 5) is 34.8. The van der Waals surface area contributed by atoms with Gasteiger partial charge in [-0.15, -0.1) is 0 Å². The number of pyridine rings is 3. The lowest BCUT2D eigenvalue weighted by atomic mass is 9.98. The number of nitrogens with one attached hydrogen (secondary N) is 2. The Kier molecular flexibility index (Phi) is 12.7. The van der Waals surface area contributed by atoms with Crippen molar-refractivity contribution in [1.29, 1.82) is 0 Å². The molecule has 0 fully saturated rings. The van der Waals surface area contributed by atoms with Crippen molar-refractivity contribution in [1.82, 2.24) is 30.1 Å². The van der Waals surface area contributed by atoms with Crippen LogP contribution in [0.3, 0.4) is 0 Å². The third-order valence-corrected chi connectivity index (χ3v) is 9.70. The van der Waals surface area contributed by atoms with Gasteiger partial charge in [0.1, 0.15) is 6.29 Å². The number of rotatable bonds is 16. The highest BCUT2D eigenvalue weighted by Gasteiger charge is 2.18. The van der Waals surface area contributed by atoms with Crippen molar-refractivity contribution in [3.05, 3.63) is 141 Å². The standard InChI is InChI=1S/C41H40Cl2N6O4/c1-52-40-29(24-44-18-22-48-20-7-8-28(26-48)27-50)14-16-35(46-40)33-11-5-9-31(38(33)42)32-10-6-12-34(39(32)43)36-17-15-30(41(47-36)53-2)25-45-19-23-49-21-4-3-13-37(49)51/h3-17,20-21,27,44-45H,18-19,22-26H2,1-2H3. The number of aldehydes is 1. The van der Waals surface area contributed by atoms with Crippen LogP contribution in [0.1, 0.15) is 11.1 Å². The second-order valence-electron chi connectivity index (χ2n) is 12.3. The van der Waals surface area contributed by atoms with E-state index in [0.717, 1.165) is 58.3 Å². The number of benzene rings is 2. The molecule has 0 spiro atoms. The summed E-state index contributed by atoms with van der Waals surface area (Å²) >= 11 is 14.2. The van der Waals surface area contributed by atoms with Crippen LogP contribution in [0.5, 0.6) is 11.8 Å². The maximum Gasteiger partial charge on any atom is 0.250 e. The summed E-state index contributed by atoms with van der Waals surface area (Å²) in [6.07, 6.45) is 8.37. The minimum Gasteiger partial charge on any atom is -0.481 e. The number of hydrogen-bond acceptors (Lipinski definition) is 9. The molecule has 5 aromatic rings. The van der Waals surface area contributed by atoms with E-state index in [-0.39, 0.29) is 5.56 Å². The molecule has 0 unspecified atom stereocenters. The van der Waals surface area contributed by atoms with Gasteiger partial charge in [0.25, 0.3) is 5.56 Å². The molecule has 0 bridgehead atoms. The number of carbonyl (C=O) groups is 1. The molecule has 1 aliphatic heterocycles. The number of methoxy groups -OCH3 is 2. The molecule has 53 heavy (non-hydrogen) atoms. The lowest BCUT2D eigenvalue weighted by Gasteiger charge is -2.22. The van der Waals surface area contributed by atoms with Crippen LogP contribution in [0.2, 0.25) is 10.0 Å². The van der Waals surface area contributed by atoms with E-state index in [9.17, 15) is 9.59 Å². The highest BCUT2D eigenvalue weighted by molar-refractivity contribution is 6.39. The highest BCUT2D eigenvalue weighted by Crippen LogP contribution is 2.42. The average molecular weight is 752 g/mol. The van der Waals surface area contributed by atoms with Crippen molar-refractivity contribution < 1.29 is 14.3 Å². The van der Waals surface area contributed by atoms with Gasteiger partial charge < -0.3 is 29.6 Å². The minimum atomic E-state index is -0.0343. The van der Waals surface area contributed by atoms with E-state index in [1.165, 1.54) is 0 Å². The van der Waals surface area contributed by atoms with E-state index in [4.69, 9.17) is 42.6 Å². The number of carbonyl (C=O) groups excluding carboxylic acids is 1. The van der Waals surface area contributed by atoms with Crippen molar-refractivity contribution >= 4 is 29.5 Å². The second-order valence-corrected chi connectivity index (χ2v) is 13.1. The van der Waals surface area contributed by atoms with Gasteiger partial charge >= 0.3 is 0 Å². The highest BCUT2D eigenvalue weighted by atomic mass is 35.5. The van der Waals surface area contributed by atoms with Crippen molar-refractivity contribution in [2.24, 2.45) is 0 Å². The van der Waals surface area contributed by atoms with Crippen molar-refractivity contribution in [2.75, 3.05) is 40.4 Å². The summed E-state index contributed by atoms with van der Waals surface area (Å²) in [6.45, 7) is 4.32. The summed E-state index contributed by atoms with van der Waals surface area (Å²) < 4.78 is 13.0. The van der Waals surface area contributed by atoms with Gasteiger partial charge in [-0.1, -0.05) is 83.9 Å². The molecule has 4 heterocycles. The van der Waals surface area contributed by atoms with Gasteiger partial charge in [-0.25, -0.2) is 9.97 Å². The van der Waals surface area contributed by atoms with Crippen LogP contribution in [0.4, 0.5) is 0 Å². The Morgan fingerprint density at radius 2 is 1.30 bits per heavy atom. The van der Waals surface area contributed by atoms with E-state index in [1.54, 1.807) is 37.1 Å². The van der Waals surface area contributed by atoms with Gasteiger partial charge in [-0.3, -0.25) is 9.59 Å².